The molecule has 1 fully saturated rings. The number of nitrogens with two attached hydrogens (primary N) is 1. The molecule has 0 saturated carbocycles. The maximum Gasteiger partial charge on any atom is 0.0980 e. The van der Waals surface area contributed by atoms with Crippen molar-refractivity contribution in [3.05, 3.63) is 28.8 Å². The van der Waals surface area contributed by atoms with Crippen molar-refractivity contribution >= 4 is 17.3 Å². The standard InChI is InChI=1S/C13H19ClN2O2/c1-9(15)10-2-3-13(12(14)6-10)16-4-5-18-11(7-16)8-17/h2-3,6,9,11,17H,4-5,7-8,15H2,1H3/t9-,11?/m0/s1. The summed E-state index contributed by atoms with van der Waals surface area (Å²) in [6, 6.07) is 5.87. The number of hydrogen-bond acceptors (Lipinski definition) is 4. The molecule has 5 heteroatoms. The quantitative estimate of drug-likeness (QED) is 0.875. The summed E-state index contributed by atoms with van der Waals surface area (Å²) >= 11 is 6.30. The lowest BCUT2D eigenvalue weighted by molar-refractivity contribution is 0.00357. The van der Waals surface area contributed by atoms with Crippen LogP contribution in [0.2, 0.25) is 5.02 Å². The monoisotopic (exact) mass is 270 g/mol. The van der Waals surface area contributed by atoms with E-state index < -0.39 is 0 Å². The minimum absolute atomic E-state index is 0.0218. The van der Waals surface area contributed by atoms with Gasteiger partial charge in [0, 0.05) is 19.1 Å². The van der Waals surface area contributed by atoms with Crippen molar-refractivity contribution in [2.24, 2.45) is 5.73 Å². The fraction of sp³-hybridized carbons (Fsp3) is 0.538. The van der Waals surface area contributed by atoms with Gasteiger partial charge in [0.05, 0.1) is 30.0 Å². The first-order valence-corrected chi connectivity index (χ1v) is 6.52. The van der Waals surface area contributed by atoms with Gasteiger partial charge in [0.1, 0.15) is 0 Å². The Morgan fingerprint density at radius 1 is 1.61 bits per heavy atom. The number of anilines is 1. The molecule has 3 N–H and O–H groups in total. The second-order valence-corrected chi connectivity index (χ2v) is 5.03. The zero-order chi connectivity index (χ0) is 13.1. The van der Waals surface area contributed by atoms with Gasteiger partial charge in [0.2, 0.25) is 0 Å². The highest BCUT2D eigenvalue weighted by molar-refractivity contribution is 6.33. The number of ether oxygens (including phenoxy) is 1. The van der Waals surface area contributed by atoms with E-state index in [1.165, 1.54) is 0 Å². The Hall–Kier alpha value is -0.810. The second kappa shape index (κ2) is 5.89. The van der Waals surface area contributed by atoms with Crippen LogP contribution in [0.25, 0.3) is 0 Å². The van der Waals surface area contributed by atoms with Gasteiger partial charge in [-0.2, -0.15) is 0 Å². The van der Waals surface area contributed by atoms with Crippen LogP contribution in [-0.2, 0) is 4.74 Å². The van der Waals surface area contributed by atoms with Crippen molar-refractivity contribution in [1.82, 2.24) is 0 Å². The van der Waals surface area contributed by atoms with Crippen LogP contribution in [0.15, 0.2) is 18.2 Å². The summed E-state index contributed by atoms with van der Waals surface area (Å²) in [7, 11) is 0. The molecule has 2 atom stereocenters. The maximum atomic E-state index is 9.14. The van der Waals surface area contributed by atoms with Gasteiger partial charge in [-0.15, -0.1) is 0 Å². The fourth-order valence-electron chi connectivity index (χ4n) is 2.11. The molecule has 2 rings (SSSR count). The van der Waals surface area contributed by atoms with Gasteiger partial charge in [-0.05, 0) is 24.6 Å². The van der Waals surface area contributed by atoms with E-state index in [0.717, 1.165) is 17.8 Å². The van der Waals surface area contributed by atoms with Crippen LogP contribution in [0.1, 0.15) is 18.5 Å². The highest BCUT2D eigenvalue weighted by Gasteiger charge is 2.21. The molecule has 0 bridgehead atoms. The number of rotatable bonds is 3. The molecule has 0 aromatic heterocycles. The lowest BCUT2D eigenvalue weighted by Gasteiger charge is -2.34. The number of aliphatic hydroxyl groups excluding tert-OH is 1. The summed E-state index contributed by atoms with van der Waals surface area (Å²) < 4.78 is 5.43. The van der Waals surface area contributed by atoms with E-state index >= 15 is 0 Å². The smallest absolute Gasteiger partial charge is 0.0980 e. The lowest BCUT2D eigenvalue weighted by Crippen LogP contribution is -2.44. The summed E-state index contributed by atoms with van der Waals surface area (Å²) in [5.41, 5.74) is 7.83. The van der Waals surface area contributed by atoms with E-state index in [9.17, 15) is 0 Å². The Bertz CT molecular complexity index is 412. The predicted octanol–water partition coefficient (Wildman–Crippen LogP) is 1.56. The van der Waals surface area contributed by atoms with Gasteiger partial charge >= 0.3 is 0 Å². The first kappa shape index (κ1) is 13.6. The number of benzene rings is 1. The molecule has 1 unspecified atom stereocenters. The normalized spacial score (nSPS) is 22.0. The molecule has 0 radical (unpaired) electrons. The highest BCUT2D eigenvalue weighted by Crippen LogP contribution is 2.29. The van der Waals surface area contributed by atoms with Crippen molar-refractivity contribution in [2.45, 2.75) is 19.1 Å². The summed E-state index contributed by atoms with van der Waals surface area (Å²) in [5.74, 6) is 0. The number of hydrogen-bond donors (Lipinski definition) is 2. The largest absolute Gasteiger partial charge is 0.394 e. The van der Waals surface area contributed by atoms with E-state index in [1.807, 2.05) is 25.1 Å². The zero-order valence-electron chi connectivity index (χ0n) is 10.5. The molecular formula is C13H19ClN2O2. The molecule has 1 saturated heterocycles. The molecule has 1 aromatic rings. The molecule has 100 valence electrons. The van der Waals surface area contributed by atoms with E-state index in [-0.39, 0.29) is 18.8 Å². The van der Waals surface area contributed by atoms with Crippen LogP contribution in [0.3, 0.4) is 0 Å². The minimum Gasteiger partial charge on any atom is -0.394 e. The summed E-state index contributed by atoms with van der Waals surface area (Å²) in [6.07, 6.45) is -0.136. The Labute approximate surface area is 112 Å². The predicted molar refractivity (Wildman–Crippen MR) is 73.1 cm³/mol. The average Bonchev–Trinajstić information content (AvgIpc) is 2.38. The number of halogens is 1. The molecular weight excluding hydrogens is 252 g/mol. The molecule has 1 aliphatic heterocycles. The third-order valence-corrected chi connectivity index (χ3v) is 3.48. The SMILES string of the molecule is C[C@H](N)c1ccc(N2CCOC(CO)C2)c(Cl)c1. The molecule has 0 amide bonds. The highest BCUT2D eigenvalue weighted by atomic mass is 35.5. The molecule has 0 spiro atoms. The van der Waals surface area contributed by atoms with E-state index in [0.29, 0.717) is 18.2 Å². The first-order chi connectivity index (χ1) is 8.61. The summed E-state index contributed by atoms with van der Waals surface area (Å²) in [6.45, 7) is 4.02. The summed E-state index contributed by atoms with van der Waals surface area (Å²) in [5, 5.41) is 9.84. The molecule has 4 nitrogen and oxygen atoms in total. The van der Waals surface area contributed by atoms with Gasteiger partial charge in [-0.1, -0.05) is 17.7 Å². The van der Waals surface area contributed by atoms with E-state index in [1.54, 1.807) is 0 Å². The Kier molecular flexibility index (Phi) is 4.45. The van der Waals surface area contributed by atoms with Crippen LogP contribution >= 0.6 is 11.6 Å². The van der Waals surface area contributed by atoms with Crippen LogP contribution in [0, 0.1) is 0 Å². The van der Waals surface area contributed by atoms with Gasteiger partial charge < -0.3 is 20.5 Å². The van der Waals surface area contributed by atoms with Gasteiger partial charge in [0.25, 0.3) is 0 Å². The molecule has 18 heavy (non-hydrogen) atoms. The molecule has 1 aromatic carbocycles. The first-order valence-electron chi connectivity index (χ1n) is 6.14. The van der Waals surface area contributed by atoms with Crippen LogP contribution in [0.4, 0.5) is 5.69 Å². The second-order valence-electron chi connectivity index (χ2n) is 4.62. The molecule has 0 aliphatic carbocycles. The topological polar surface area (TPSA) is 58.7 Å². The summed E-state index contributed by atoms with van der Waals surface area (Å²) in [4.78, 5) is 2.14. The van der Waals surface area contributed by atoms with Gasteiger partial charge in [0.15, 0.2) is 0 Å². The van der Waals surface area contributed by atoms with Crippen molar-refractivity contribution in [3.63, 3.8) is 0 Å². The lowest BCUT2D eigenvalue weighted by atomic mass is 10.1. The van der Waals surface area contributed by atoms with Crippen molar-refractivity contribution in [3.8, 4) is 0 Å². The number of aliphatic hydroxyl groups is 1. The van der Waals surface area contributed by atoms with E-state index in [4.69, 9.17) is 27.2 Å². The Balaban J connectivity index is 2.17. The zero-order valence-corrected chi connectivity index (χ0v) is 11.2. The Morgan fingerprint density at radius 2 is 2.39 bits per heavy atom. The Morgan fingerprint density at radius 3 is 3.00 bits per heavy atom. The van der Waals surface area contributed by atoms with E-state index in [2.05, 4.69) is 4.90 Å². The number of nitrogens with zero attached hydrogens (tertiary/aromatic N) is 1. The molecule has 1 heterocycles. The third-order valence-electron chi connectivity index (χ3n) is 3.18. The fourth-order valence-corrected chi connectivity index (χ4v) is 2.42. The van der Waals surface area contributed by atoms with Crippen LogP contribution in [0.5, 0.6) is 0 Å². The van der Waals surface area contributed by atoms with Crippen molar-refractivity contribution in [1.29, 1.82) is 0 Å². The number of morpholine rings is 1. The average molecular weight is 271 g/mol. The maximum absolute atomic E-state index is 9.14. The van der Waals surface area contributed by atoms with Crippen molar-refractivity contribution in [2.75, 3.05) is 31.2 Å². The van der Waals surface area contributed by atoms with Gasteiger partial charge in [-0.25, -0.2) is 0 Å². The van der Waals surface area contributed by atoms with Crippen LogP contribution in [-0.4, -0.2) is 37.5 Å². The minimum atomic E-state index is -0.136. The van der Waals surface area contributed by atoms with Gasteiger partial charge in [-0.3, -0.25) is 0 Å². The third kappa shape index (κ3) is 2.95. The van der Waals surface area contributed by atoms with Crippen LogP contribution < -0.4 is 10.6 Å². The van der Waals surface area contributed by atoms with Crippen molar-refractivity contribution < 1.29 is 9.84 Å². The molecule has 1 aliphatic rings.